The Morgan fingerprint density at radius 1 is 1.25 bits per heavy atom. The predicted molar refractivity (Wildman–Crippen MR) is 71.0 cm³/mol. The Bertz CT molecular complexity index is 719. The van der Waals surface area contributed by atoms with Gasteiger partial charge in [-0.2, -0.15) is 0 Å². The Hall–Kier alpha value is -2.22. The summed E-state index contributed by atoms with van der Waals surface area (Å²) in [4.78, 5) is 11.1. The van der Waals surface area contributed by atoms with Crippen LogP contribution in [0.3, 0.4) is 0 Å². The summed E-state index contributed by atoms with van der Waals surface area (Å²) in [6.07, 6.45) is 1.51. The zero-order valence-corrected chi connectivity index (χ0v) is 11.8. The number of nitrogens with zero attached hydrogens (tertiary/aromatic N) is 2. The van der Waals surface area contributed by atoms with Crippen LogP contribution in [0, 0.1) is 0 Å². The molecule has 8 heteroatoms. The van der Waals surface area contributed by atoms with Crippen molar-refractivity contribution in [3.05, 3.63) is 35.7 Å². The average Bonchev–Trinajstić information content (AvgIpc) is 2.75. The van der Waals surface area contributed by atoms with Gasteiger partial charge >= 0.3 is 6.01 Å². The van der Waals surface area contributed by atoms with Gasteiger partial charge in [0.25, 0.3) is 0 Å². The summed E-state index contributed by atoms with van der Waals surface area (Å²) in [7, 11) is -3.20. The van der Waals surface area contributed by atoms with Crippen molar-refractivity contribution in [1.82, 2.24) is 10.2 Å². The third-order valence-electron chi connectivity index (χ3n) is 2.46. The molecule has 0 aliphatic carbocycles. The van der Waals surface area contributed by atoms with Gasteiger partial charge < -0.3 is 4.42 Å². The first kappa shape index (κ1) is 14.2. The monoisotopic (exact) mass is 295 g/mol. The molecular weight excluding hydrogens is 282 g/mol. The molecule has 0 spiro atoms. The lowest BCUT2D eigenvalue weighted by molar-refractivity contribution is -0.114. The first-order valence-electron chi connectivity index (χ1n) is 5.73. The lowest BCUT2D eigenvalue weighted by Gasteiger charge is -2.00. The first-order valence-corrected chi connectivity index (χ1v) is 7.63. The van der Waals surface area contributed by atoms with E-state index in [-0.39, 0.29) is 16.8 Å². The Kier molecular flexibility index (Phi) is 3.84. The first-order chi connectivity index (χ1) is 9.34. The van der Waals surface area contributed by atoms with E-state index in [1.165, 1.54) is 19.1 Å². The van der Waals surface area contributed by atoms with Crippen LogP contribution in [-0.4, -0.2) is 30.8 Å². The van der Waals surface area contributed by atoms with E-state index >= 15 is 0 Å². The molecule has 0 saturated carbocycles. The molecule has 2 rings (SSSR count). The van der Waals surface area contributed by atoms with Gasteiger partial charge in [-0.15, -0.1) is 5.10 Å². The molecule has 106 valence electrons. The van der Waals surface area contributed by atoms with Crippen molar-refractivity contribution in [1.29, 1.82) is 0 Å². The largest absolute Gasteiger partial charge is 0.407 e. The third-order valence-corrected chi connectivity index (χ3v) is 3.59. The zero-order chi connectivity index (χ0) is 14.8. The van der Waals surface area contributed by atoms with Gasteiger partial charge in [0.05, 0.1) is 11.3 Å². The number of carbonyl (C=O) groups excluding carboxylic acids is 1. The number of aromatic nitrogens is 2. The molecule has 1 heterocycles. The van der Waals surface area contributed by atoms with E-state index in [4.69, 9.17) is 4.42 Å². The molecule has 7 nitrogen and oxygen atoms in total. The van der Waals surface area contributed by atoms with Crippen LogP contribution in [0.25, 0.3) is 0 Å². The van der Waals surface area contributed by atoms with Crippen LogP contribution < -0.4 is 5.32 Å². The third kappa shape index (κ3) is 3.64. The fraction of sp³-hybridized carbons (Fsp3) is 0.250. The standard InChI is InChI=1S/C12H13N3O4S/c1-8(16)13-12-15-14-11(19-12)7-9-3-5-10(6-4-9)20(2,17)18/h3-6H,7H2,1-2H3,(H,13,15,16). The van der Waals surface area contributed by atoms with Crippen LogP contribution >= 0.6 is 0 Å². The fourth-order valence-corrected chi connectivity index (χ4v) is 2.19. The molecule has 1 N–H and O–H groups in total. The maximum absolute atomic E-state index is 11.3. The Morgan fingerprint density at radius 2 is 1.90 bits per heavy atom. The summed E-state index contributed by atoms with van der Waals surface area (Å²) in [5, 5.41) is 9.83. The number of hydrogen-bond donors (Lipinski definition) is 1. The second kappa shape index (κ2) is 5.41. The fourth-order valence-electron chi connectivity index (χ4n) is 1.56. The number of carbonyl (C=O) groups is 1. The molecule has 0 bridgehead atoms. The smallest absolute Gasteiger partial charge is 0.322 e. The van der Waals surface area contributed by atoms with Crippen LogP contribution in [0.4, 0.5) is 6.01 Å². The molecular formula is C12H13N3O4S. The van der Waals surface area contributed by atoms with Crippen molar-refractivity contribution in [2.75, 3.05) is 11.6 Å². The van der Waals surface area contributed by atoms with Gasteiger partial charge in [0, 0.05) is 13.2 Å². The summed E-state index contributed by atoms with van der Waals surface area (Å²) in [5.41, 5.74) is 0.829. The quantitative estimate of drug-likeness (QED) is 0.903. The van der Waals surface area contributed by atoms with E-state index < -0.39 is 9.84 Å². The highest BCUT2D eigenvalue weighted by molar-refractivity contribution is 7.90. The molecule has 2 aromatic rings. The number of nitrogens with one attached hydrogen (secondary N) is 1. The van der Waals surface area contributed by atoms with Gasteiger partial charge in [-0.3, -0.25) is 10.1 Å². The number of hydrogen-bond acceptors (Lipinski definition) is 6. The average molecular weight is 295 g/mol. The summed E-state index contributed by atoms with van der Waals surface area (Å²) >= 11 is 0. The topological polar surface area (TPSA) is 102 Å². The van der Waals surface area contributed by atoms with Crippen molar-refractivity contribution < 1.29 is 17.6 Å². The number of anilines is 1. The maximum Gasteiger partial charge on any atom is 0.322 e. The zero-order valence-electron chi connectivity index (χ0n) is 11.0. The van der Waals surface area contributed by atoms with Crippen LogP contribution in [-0.2, 0) is 21.1 Å². The predicted octanol–water partition coefficient (Wildman–Crippen LogP) is 1.02. The van der Waals surface area contributed by atoms with E-state index in [0.717, 1.165) is 11.8 Å². The molecule has 0 aliphatic rings. The van der Waals surface area contributed by atoms with Crippen molar-refractivity contribution in [3.8, 4) is 0 Å². The van der Waals surface area contributed by atoms with Crippen LogP contribution in [0.15, 0.2) is 33.6 Å². The molecule has 1 amide bonds. The van der Waals surface area contributed by atoms with Crippen molar-refractivity contribution in [2.45, 2.75) is 18.2 Å². The Balaban J connectivity index is 2.10. The maximum atomic E-state index is 11.3. The SMILES string of the molecule is CC(=O)Nc1nnc(Cc2ccc(S(C)(=O)=O)cc2)o1. The lowest BCUT2D eigenvalue weighted by atomic mass is 10.1. The molecule has 0 aliphatic heterocycles. The normalized spacial score (nSPS) is 11.3. The summed E-state index contributed by atoms with van der Waals surface area (Å²) < 4.78 is 27.9. The second-order valence-corrected chi connectivity index (χ2v) is 6.29. The highest BCUT2D eigenvalue weighted by atomic mass is 32.2. The van der Waals surface area contributed by atoms with E-state index in [2.05, 4.69) is 15.5 Å². The highest BCUT2D eigenvalue weighted by Crippen LogP contribution is 2.14. The number of benzene rings is 1. The van der Waals surface area contributed by atoms with Crippen LogP contribution in [0.2, 0.25) is 0 Å². The molecule has 20 heavy (non-hydrogen) atoms. The second-order valence-electron chi connectivity index (χ2n) is 4.28. The van der Waals surface area contributed by atoms with Gasteiger partial charge in [0.15, 0.2) is 9.84 Å². The summed E-state index contributed by atoms with van der Waals surface area (Å²) in [6.45, 7) is 1.34. The molecule has 0 unspecified atom stereocenters. The summed E-state index contributed by atoms with van der Waals surface area (Å²) in [5.74, 6) is 0.0403. The van der Waals surface area contributed by atoms with E-state index in [9.17, 15) is 13.2 Å². The van der Waals surface area contributed by atoms with Gasteiger partial charge in [-0.25, -0.2) is 8.42 Å². The Morgan fingerprint density at radius 3 is 2.45 bits per heavy atom. The van der Waals surface area contributed by atoms with Crippen molar-refractivity contribution in [2.24, 2.45) is 0 Å². The van der Waals surface area contributed by atoms with Gasteiger partial charge in [0.1, 0.15) is 0 Å². The molecule has 1 aromatic heterocycles. The van der Waals surface area contributed by atoms with Crippen molar-refractivity contribution in [3.63, 3.8) is 0 Å². The molecule has 0 saturated heterocycles. The number of rotatable bonds is 4. The van der Waals surface area contributed by atoms with Crippen molar-refractivity contribution >= 4 is 21.8 Å². The Labute approximate surface area is 115 Å². The minimum Gasteiger partial charge on any atom is -0.407 e. The number of amides is 1. The van der Waals surface area contributed by atoms with Gasteiger partial charge in [0.2, 0.25) is 11.8 Å². The van der Waals surface area contributed by atoms with Gasteiger partial charge in [-0.1, -0.05) is 17.2 Å². The van der Waals surface area contributed by atoms with Crippen LogP contribution in [0.1, 0.15) is 18.4 Å². The van der Waals surface area contributed by atoms with E-state index in [1.807, 2.05) is 0 Å². The van der Waals surface area contributed by atoms with E-state index in [1.54, 1.807) is 12.1 Å². The minimum atomic E-state index is -3.20. The molecule has 1 aromatic carbocycles. The lowest BCUT2D eigenvalue weighted by Crippen LogP contribution is -2.05. The molecule has 0 fully saturated rings. The number of sulfone groups is 1. The molecule has 0 atom stereocenters. The highest BCUT2D eigenvalue weighted by Gasteiger charge is 2.10. The van der Waals surface area contributed by atoms with Crippen LogP contribution in [0.5, 0.6) is 0 Å². The minimum absolute atomic E-state index is 0.0419. The van der Waals surface area contributed by atoms with Gasteiger partial charge in [-0.05, 0) is 17.7 Å². The molecule has 0 radical (unpaired) electrons. The van der Waals surface area contributed by atoms with E-state index in [0.29, 0.717) is 12.3 Å². The summed E-state index contributed by atoms with van der Waals surface area (Å²) in [6, 6.07) is 6.45.